The van der Waals surface area contributed by atoms with Crippen LogP contribution in [0.3, 0.4) is 0 Å². The highest BCUT2D eigenvalue weighted by molar-refractivity contribution is 5.25. The number of rotatable bonds is 4. The van der Waals surface area contributed by atoms with Crippen LogP contribution in [0.1, 0.15) is 37.3 Å². The van der Waals surface area contributed by atoms with Gasteiger partial charge in [-0.15, -0.1) is 0 Å². The van der Waals surface area contributed by atoms with E-state index < -0.39 is 0 Å². The number of aryl methyl sites for hydroxylation is 1. The Morgan fingerprint density at radius 1 is 1.29 bits per heavy atom. The van der Waals surface area contributed by atoms with Crippen molar-refractivity contribution in [2.45, 2.75) is 51.9 Å². The Hall–Kier alpha value is -0.900. The fourth-order valence-corrected chi connectivity index (χ4v) is 3.97. The Balaban J connectivity index is 1.59. The summed E-state index contributed by atoms with van der Waals surface area (Å²) < 4.78 is 5.84. The molecule has 1 aliphatic heterocycles. The van der Waals surface area contributed by atoms with Gasteiger partial charge in [0.2, 0.25) is 0 Å². The van der Waals surface area contributed by atoms with Crippen LogP contribution in [-0.2, 0) is 11.3 Å². The minimum Gasteiger partial charge on any atom is -0.392 e. The van der Waals surface area contributed by atoms with Crippen LogP contribution < -0.4 is 0 Å². The molecule has 2 aliphatic rings. The van der Waals surface area contributed by atoms with Crippen LogP contribution in [0.5, 0.6) is 0 Å². The summed E-state index contributed by atoms with van der Waals surface area (Å²) in [5.74, 6) is 0. The summed E-state index contributed by atoms with van der Waals surface area (Å²) in [5, 5.41) is 10.2. The molecule has 2 atom stereocenters. The van der Waals surface area contributed by atoms with E-state index in [1.807, 2.05) is 6.92 Å². The van der Waals surface area contributed by atoms with E-state index in [0.29, 0.717) is 0 Å². The predicted octanol–water partition coefficient (Wildman–Crippen LogP) is 2.75. The van der Waals surface area contributed by atoms with Gasteiger partial charge in [-0.05, 0) is 50.9 Å². The maximum Gasteiger partial charge on any atom is 0.0681 e. The van der Waals surface area contributed by atoms with Crippen LogP contribution in [-0.4, -0.2) is 41.9 Å². The first-order valence-electron chi connectivity index (χ1n) is 8.22. The molecule has 116 valence electrons. The maximum atomic E-state index is 10.2. The molecule has 0 radical (unpaired) electrons. The summed E-state index contributed by atoms with van der Waals surface area (Å²) >= 11 is 0. The van der Waals surface area contributed by atoms with Crippen molar-refractivity contribution >= 4 is 0 Å². The fraction of sp³-hybridized carbons (Fsp3) is 0.667. The van der Waals surface area contributed by atoms with E-state index in [-0.39, 0.29) is 17.6 Å². The second-order valence-electron chi connectivity index (χ2n) is 6.63. The van der Waals surface area contributed by atoms with Gasteiger partial charge < -0.3 is 9.84 Å². The van der Waals surface area contributed by atoms with Crippen molar-refractivity contribution in [1.82, 2.24) is 4.90 Å². The van der Waals surface area contributed by atoms with Crippen molar-refractivity contribution < 1.29 is 9.84 Å². The van der Waals surface area contributed by atoms with Gasteiger partial charge in [0, 0.05) is 25.0 Å². The number of aliphatic hydroxyl groups excluding tert-OH is 1. The molecular weight excluding hydrogens is 262 g/mol. The number of likely N-dealkylation sites (tertiary alicyclic amines) is 1. The van der Waals surface area contributed by atoms with Crippen LogP contribution in [0.25, 0.3) is 0 Å². The normalized spacial score (nSPS) is 28.5. The number of nitrogens with zero attached hydrogens (tertiary/aromatic N) is 1. The molecule has 0 bridgehead atoms. The molecule has 1 saturated heterocycles. The van der Waals surface area contributed by atoms with E-state index >= 15 is 0 Å². The van der Waals surface area contributed by atoms with Gasteiger partial charge >= 0.3 is 0 Å². The number of hydrogen-bond acceptors (Lipinski definition) is 3. The zero-order valence-electron chi connectivity index (χ0n) is 13.2. The van der Waals surface area contributed by atoms with E-state index in [9.17, 15) is 5.11 Å². The third-order valence-electron chi connectivity index (χ3n) is 5.55. The molecule has 1 aromatic rings. The lowest BCUT2D eigenvalue weighted by molar-refractivity contribution is -0.209. The molecular formula is C18H27NO2. The summed E-state index contributed by atoms with van der Waals surface area (Å²) in [6.07, 6.45) is 3.06. The third kappa shape index (κ3) is 2.75. The van der Waals surface area contributed by atoms with Crippen molar-refractivity contribution in [3.8, 4) is 0 Å². The Bertz CT molecular complexity index is 478. The van der Waals surface area contributed by atoms with Crippen molar-refractivity contribution in [2.24, 2.45) is 5.41 Å². The lowest BCUT2D eigenvalue weighted by atomic mass is 9.58. The molecule has 0 aromatic heterocycles. The average Bonchev–Trinajstić information content (AvgIpc) is 2.50. The highest BCUT2D eigenvalue weighted by Gasteiger charge is 2.55. The fourth-order valence-electron chi connectivity index (χ4n) is 3.97. The average molecular weight is 289 g/mol. The molecule has 21 heavy (non-hydrogen) atoms. The first-order chi connectivity index (χ1) is 10.2. The lowest BCUT2D eigenvalue weighted by Crippen LogP contribution is -2.62. The van der Waals surface area contributed by atoms with E-state index in [0.717, 1.165) is 45.5 Å². The quantitative estimate of drug-likeness (QED) is 0.925. The highest BCUT2D eigenvalue weighted by atomic mass is 16.5. The first kappa shape index (κ1) is 15.0. The summed E-state index contributed by atoms with van der Waals surface area (Å²) in [6, 6.07) is 8.62. The SMILES string of the molecule is CCOC1CC(O)C12CCN(Cc1ccccc1C)CC2. The van der Waals surface area contributed by atoms with Gasteiger partial charge in [-0.25, -0.2) is 0 Å². The molecule has 1 aromatic carbocycles. The predicted molar refractivity (Wildman–Crippen MR) is 84.2 cm³/mol. The van der Waals surface area contributed by atoms with E-state index in [2.05, 4.69) is 36.1 Å². The Labute approximate surface area is 127 Å². The molecule has 2 unspecified atom stereocenters. The Kier molecular flexibility index (Phi) is 4.34. The van der Waals surface area contributed by atoms with Gasteiger partial charge in [0.15, 0.2) is 0 Å². The van der Waals surface area contributed by atoms with Gasteiger partial charge in [0.1, 0.15) is 0 Å². The second kappa shape index (κ2) is 6.07. The smallest absolute Gasteiger partial charge is 0.0681 e. The van der Waals surface area contributed by atoms with E-state index in [1.165, 1.54) is 11.1 Å². The summed E-state index contributed by atoms with van der Waals surface area (Å²) in [5.41, 5.74) is 2.83. The molecule has 1 spiro atoms. The molecule has 2 fully saturated rings. The monoisotopic (exact) mass is 289 g/mol. The van der Waals surface area contributed by atoms with Gasteiger partial charge in [0.25, 0.3) is 0 Å². The lowest BCUT2D eigenvalue weighted by Gasteiger charge is -2.56. The van der Waals surface area contributed by atoms with Crippen LogP contribution in [0.4, 0.5) is 0 Å². The minimum atomic E-state index is -0.158. The molecule has 3 rings (SSSR count). The molecule has 1 heterocycles. The second-order valence-corrected chi connectivity index (χ2v) is 6.63. The molecule has 3 heteroatoms. The third-order valence-corrected chi connectivity index (χ3v) is 5.55. The zero-order chi connectivity index (χ0) is 14.9. The van der Waals surface area contributed by atoms with Crippen molar-refractivity contribution in [3.63, 3.8) is 0 Å². The summed E-state index contributed by atoms with van der Waals surface area (Å²) in [7, 11) is 0. The minimum absolute atomic E-state index is 0.0399. The maximum absolute atomic E-state index is 10.2. The number of ether oxygens (including phenoxy) is 1. The van der Waals surface area contributed by atoms with Gasteiger partial charge in [-0.2, -0.15) is 0 Å². The number of hydrogen-bond donors (Lipinski definition) is 1. The Morgan fingerprint density at radius 3 is 2.62 bits per heavy atom. The van der Waals surface area contributed by atoms with Crippen LogP contribution >= 0.6 is 0 Å². The van der Waals surface area contributed by atoms with Gasteiger partial charge in [0.05, 0.1) is 12.2 Å². The zero-order valence-corrected chi connectivity index (χ0v) is 13.2. The van der Waals surface area contributed by atoms with Gasteiger partial charge in [-0.1, -0.05) is 24.3 Å². The van der Waals surface area contributed by atoms with E-state index in [4.69, 9.17) is 4.74 Å². The number of piperidine rings is 1. The molecule has 1 N–H and O–H groups in total. The number of benzene rings is 1. The van der Waals surface area contributed by atoms with Crippen LogP contribution in [0, 0.1) is 12.3 Å². The van der Waals surface area contributed by atoms with Gasteiger partial charge in [-0.3, -0.25) is 4.90 Å². The standard InChI is InChI=1S/C18H27NO2/c1-3-21-17-12-16(20)18(17)8-10-19(11-9-18)13-15-7-5-4-6-14(15)2/h4-7,16-17,20H,3,8-13H2,1-2H3. The van der Waals surface area contributed by atoms with Crippen molar-refractivity contribution in [2.75, 3.05) is 19.7 Å². The summed E-state index contributed by atoms with van der Waals surface area (Å²) in [4.78, 5) is 2.52. The molecule has 3 nitrogen and oxygen atoms in total. The Morgan fingerprint density at radius 2 is 2.00 bits per heavy atom. The largest absolute Gasteiger partial charge is 0.392 e. The number of aliphatic hydroxyl groups is 1. The van der Waals surface area contributed by atoms with Crippen LogP contribution in [0.2, 0.25) is 0 Å². The summed E-state index contributed by atoms with van der Waals surface area (Å²) in [6.45, 7) is 8.14. The van der Waals surface area contributed by atoms with E-state index in [1.54, 1.807) is 0 Å². The topological polar surface area (TPSA) is 32.7 Å². The molecule has 1 saturated carbocycles. The van der Waals surface area contributed by atoms with Crippen LogP contribution in [0.15, 0.2) is 24.3 Å². The molecule has 1 aliphatic carbocycles. The van der Waals surface area contributed by atoms with Crippen molar-refractivity contribution in [3.05, 3.63) is 35.4 Å². The highest BCUT2D eigenvalue weighted by Crippen LogP contribution is 2.51. The molecule has 0 amide bonds. The first-order valence-corrected chi connectivity index (χ1v) is 8.22. The van der Waals surface area contributed by atoms with Crippen molar-refractivity contribution in [1.29, 1.82) is 0 Å².